The lowest BCUT2D eigenvalue weighted by Crippen LogP contribution is -2.02. The lowest BCUT2D eigenvalue weighted by atomic mass is 10.1. The van der Waals surface area contributed by atoms with E-state index in [9.17, 15) is 9.59 Å². The molecule has 0 aliphatic heterocycles. The van der Waals surface area contributed by atoms with Crippen molar-refractivity contribution in [3.05, 3.63) is 84.0 Å². The zero-order valence-electron chi connectivity index (χ0n) is 17.4. The first kappa shape index (κ1) is 21.7. The summed E-state index contributed by atoms with van der Waals surface area (Å²) in [6.45, 7) is 0.339. The van der Waals surface area contributed by atoms with Crippen LogP contribution in [0.3, 0.4) is 0 Å². The van der Waals surface area contributed by atoms with Gasteiger partial charge < -0.3 is 9.47 Å². The highest BCUT2D eigenvalue weighted by molar-refractivity contribution is 6.10. The fraction of sp³-hybridized carbons (Fsp3) is 0.167. The number of aromatic nitrogens is 3. The summed E-state index contributed by atoms with van der Waals surface area (Å²) < 4.78 is 12.8. The Kier molecular flexibility index (Phi) is 7.48. The van der Waals surface area contributed by atoms with Crippen LogP contribution >= 0.6 is 0 Å². The van der Waals surface area contributed by atoms with Crippen molar-refractivity contribution < 1.29 is 19.1 Å². The van der Waals surface area contributed by atoms with E-state index in [4.69, 9.17) is 9.47 Å². The molecule has 0 fully saturated rings. The topological polar surface area (TPSA) is 83.3 Å². The first-order chi connectivity index (χ1) is 15.0. The second-order valence-electron chi connectivity index (χ2n) is 6.67. The highest BCUT2D eigenvalue weighted by Gasteiger charge is 2.07. The lowest BCUT2D eigenvalue weighted by Gasteiger charge is -2.09. The predicted molar refractivity (Wildman–Crippen MR) is 117 cm³/mol. The van der Waals surface area contributed by atoms with E-state index in [1.165, 1.54) is 12.2 Å². The molecule has 31 heavy (non-hydrogen) atoms. The molecule has 158 valence electrons. The number of allylic oxidation sites excluding steroid dienone is 2. The fourth-order valence-electron chi connectivity index (χ4n) is 2.76. The van der Waals surface area contributed by atoms with Gasteiger partial charge in [-0.2, -0.15) is 5.10 Å². The van der Waals surface area contributed by atoms with Gasteiger partial charge in [0, 0.05) is 31.1 Å². The Bertz CT molecular complexity index is 1100. The molecule has 7 heteroatoms. The molecule has 0 bridgehead atoms. The third kappa shape index (κ3) is 6.50. The summed E-state index contributed by atoms with van der Waals surface area (Å²) in [5, 5.41) is 4.02. The van der Waals surface area contributed by atoms with Gasteiger partial charge in [0.15, 0.2) is 11.6 Å². The average Bonchev–Trinajstić information content (AvgIpc) is 3.20. The van der Waals surface area contributed by atoms with Crippen LogP contribution in [0.5, 0.6) is 11.5 Å². The predicted octanol–water partition coefficient (Wildman–Crippen LogP) is 3.66. The molecule has 0 radical (unpaired) electrons. The smallest absolute Gasteiger partial charge is 0.163 e. The second-order valence-corrected chi connectivity index (χ2v) is 6.67. The molecule has 1 aromatic carbocycles. The Balaban J connectivity index is 1.57. The summed E-state index contributed by atoms with van der Waals surface area (Å²) in [6, 6.07) is 12.7. The van der Waals surface area contributed by atoms with Gasteiger partial charge in [-0.05, 0) is 54.6 Å². The molecule has 7 nitrogen and oxygen atoms in total. The molecule has 3 aromatic rings. The zero-order valence-corrected chi connectivity index (χ0v) is 17.4. The van der Waals surface area contributed by atoms with Gasteiger partial charge in [-0.15, -0.1) is 0 Å². The fourth-order valence-corrected chi connectivity index (χ4v) is 2.76. The highest BCUT2D eigenvalue weighted by atomic mass is 16.5. The van der Waals surface area contributed by atoms with Crippen molar-refractivity contribution in [2.45, 2.75) is 13.0 Å². The zero-order chi connectivity index (χ0) is 22.1. The summed E-state index contributed by atoms with van der Waals surface area (Å²) in [6.07, 6.45) is 9.17. The maximum atomic E-state index is 12.1. The van der Waals surface area contributed by atoms with Crippen LogP contribution in [-0.4, -0.2) is 33.4 Å². The number of methoxy groups -OCH3 is 1. The van der Waals surface area contributed by atoms with Gasteiger partial charge in [-0.25, -0.2) is 0 Å². The molecular weight excluding hydrogens is 394 g/mol. The minimum absolute atomic E-state index is 0.210. The Hall–Kier alpha value is -4.00. The molecule has 0 aliphatic rings. The van der Waals surface area contributed by atoms with Gasteiger partial charge in [0.25, 0.3) is 0 Å². The number of ether oxygens (including phenoxy) is 2. The average molecular weight is 417 g/mol. The molecule has 0 atom stereocenters. The van der Waals surface area contributed by atoms with Crippen molar-refractivity contribution in [2.75, 3.05) is 7.11 Å². The molecule has 0 amide bonds. The van der Waals surface area contributed by atoms with E-state index in [1.807, 2.05) is 18.2 Å². The number of benzene rings is 1. The normalized spacial score (nSPS) is 11.2. The van der Waals surface area contributed by atoms with E-state index >= 15 is 0 Å². The van der Waals surface area contributed by atoms with E-state index in [2.05, 4.69) is 10.1 Å². The Labute approximate surface area is 180 Å². The Morgan fingerprint density at radius 1 is 1.03 bits per heavy atom. The number of nitrogens with zero attached hydrogens (tertiary/aromatic N) is 3. The van der Waals surface area contributed by atoms with Crippen molar-refractivity contribution in [3.63, 3.8) is 0 Å². The van der Waals surface area contributed by atoms with Crippen LogP contribution in [0.1, 0.15) is 23.4 Å². The third-order valence-electron chi connectivity index (χ3n) is 4.41. The third-order valence-corrected chi connectivity index (χ3v) is 4.41. The van der Waals surface area contributed by atoms with Crippen LogP contribution in [0, 0.1) is 0 Å². The standard InChI is InChI=1S/C24H23N3O4/c1-27-20(12-14-26-27)8-10-22(29)15-21(28)9-6-18-7-11-23(16-24(18)30-2)31-17-19-5-3-4-13-25-19/h3-14,16H,15,17H2,1-2H3/b9-6+,10-8+. The van der Waals surface area contributed by atoms with E-state index in [-0.39, 0.29) is 18.0 Å². The summed E-state index contributed by atoms with van der Waals surface area (Å²) in [5.74, 6) is 0.615. The van der Waals surface area contributed by atoms with Gasteiger partial charge in [-0.3, -0.25) is 19.3 Å². The van der Waals surface area contributed by atoms with Crippen molar-refractivity contribution in [2.24, 2.45) is 7.05 Å². The Morgan fingerprint density at radius 3 is 2.52 bits per heavy atom. The highest BCUT2D eigenvalue weighted by Crippen LogP contribution is 2.26. The minimum Gasteiger partial charge on any atom is -0.496 e. The molecule has 0 N–H and O–H groups in total. The molecule has 0 saturated carbocycles. The van der Waals surface area contributed by atoms with E-state index < -0.39 is 0 Å². The number of aryl methyl sites for hydroxylation is 1. The maximum absolute atomic E-state index is 12.1. The number of carbonyl (C=O) groups excluding carboxylic acids is 2. The summed E-state index contributed by atoms with van der Waals surface area (Å²) >= 11 is 0. The molecule has 0 saturated heterocycles. The van der Waals surface area contributed by atoms with Crippen LogP contribution in [0.4, 0.5) is 0 Å². The lowest BCUT2D eigenvalue weighted by molar-refractivity contribution is -0.121. The monoisotopic (exact) mass is 417 g/mol. The molecular formula is C24H23N3O4. The number of carbonyl (C=O) groups is 2. The van der Waals surface area contributed by atoms with Gasteiger partial charge in [0.05, 0.1) is 24.9 Å². The molecule has 2 aromatic heterocycles. The molecule has 0 aliphatic carbocycles. The van der Waals surface area contributed by atoms with Crippen LogP contribution in [0.2, 0.25) is 0 Å². The maximum Gasteiger partial charge on any atom is 0.163 e. The van der Waals surface area contributed by atoms with Crippen LogP contribution in [-0.2, 0) is 23.2 Å². The first-order valence-corrected chi connectivity index (χ1v) is 9.65. The van der Waals surface area contributed by atoms with Crippen molar-refractivity contribution in [3.8, 4) is 11.5 Å². The molecule has 3 rings (SSSR count). The van der Waals surface area contributed by atoms with E-state index in [1.54, 1.807) is 67.7 Å². The minimum atomic E-state index is -0.294. The number of ketones is 2. The largest absolute Gasteiger partial charge is 0.496 e. The number of hydrogen-bond acceptors (Lipinski definition) is 6. The van der Waals surface area contributed by atoms with Crippen molar-refractivity contribution in [1.82, 2.24) is 14.8 Å². The first-order valence-electron chi connectivity index (χ1n) is 9.65. The van der Waals surface area contributed by atoms with Crippen molar-refractivity contribution >= 4 is 23.7 Å². The van der Waals surface area contributed by atoms with Crippen LogP contribution in [0.15, 0.2) is 67.0 Å². The number of pyridine rings is 1. The Morgan fingerprint density at radius 2 is 1.84 bits per heavy atom. The van der Waals surface area contributed by atoms with Gasteiger partial charge >= 0.3 is 0 Å². The van der Waals surface area contributed by atoms with Gasteiger partial charge in [0.1, 0.15) is 18.1 Å². The van der Waals surface area contributed by atoms with Crippen LogP contribution < -0.4 is 9.47 Å². The summed E-state index contributed by atoms with van der Waals surface area (Å²) in [7, 11) is 3.32. The SMILES string of the molecule is COc1cc(OCc2ccccn2)ccc1/C=C/C(=O)CC(=O)/C=C/c1ccnn1C. The number of rotatable bonds is 10. The molecule has 0 unspecified atom stereocenters. The quantitative estimate of drug-likeness (QED) is 0.370. The number of hydrogen-bond donors (Lipinski definition) is 0. The van der Waals surface area contributed by atoms with Crippen molar-refractivity contribution in [1.29, 1.82) is 0 Å². The van der Waals surface area contributed by atoms with E-state index in [0.29, 0.717) is 23.7 Å². The second kappa shape index (κ2) is 10.7. The molecule has 2 heterocycles. The van der Waals surface area contributed by atoms with Gasteiger partial charge in [0.2, 0.25) is 0 Å². The van der Waals surface area contributed by atoms with E-state index in [0.717, 1.165) is 11.4 Å². The summed E-state index contributed by atoms with van der Waals surface area (Å²) in [5.41, 5.74) is 2.31. The van der Waals surface area contributed by atoms with Crippen LogP contribution in [0.25, 0.3) is 12.2 Å². The summed E-state index contributed by atoms with van der Waals surface area (Å²) in [4.78, 5) is 28.4. The molecule has 0 spiro atoms. The van der Waals surface area contributed by atoms with Gasteiger partial charge in [-0.1, -0.05) is 6.07 Å².